The topological polar surface area (TPSA) is 9.23 Å². The molecule has 0 spiro atoms. The van der Waals surface area contributed by atoms with Crippen molar-refractivity contribution in [1.29, 1.82) is 0 Å². The molecule has 0 aromatic carbocycles. The molecule has 2 unspecified atom stereocenters. The Labute approximate surface area is 134 Å². The smallest absolute Gasteiger partial charge is 0.0782 e. The minimum absolute atomic E-state index is 0.145. The molecular formula is C18H33BrO. The summed E-state index contributed by atoms with van der Waals surface area (Å²) in [7, 11) is 0. The van der Waals surface area contributed by atoms with Gasteiger partial charge < -0.3 is 4.74 Å². The first-order valence-electron chi connectivity index (χ1n) is 8.80. The van der Waals surface area contributed by atoms with Crippen LogP contribution in [0.4, 0.5) is 0 Å². The third-order valence-electron chi connectivity index (χ3n) is 5.51. The summed E-state index contributed by atoms with van der Waals surface area (Å²) < 4.78 is 6.69. The number of hydrogen-bond acceptors (Lipinski definition) is 1. The predicted octanol–water partition coefficient (Wildman–Crippen LogP) is 5.95. The van der Waals surface area contributed by atoms with Crippen molar-refractivity contribution in [3.63, 3.8) is 0 Å². The molecule has 20 heavy (non-hydrogen) atoms. The minimum atomic E-state index is 0.145. The van der Waals surface area contributed by atoms with Crippen molar-refractivity contribution in [1.82, 2.24) is 0 Å². The molecule has 0 amide bonds. The molecule has 0 saturated heterocycles. The molecule has 0 radical (unpaired) electrons. The second-order valence-electron chi connectivity index (χ2n) is 7.71. The third-order valence-corrected chi connectivity index (χ3v) is 6.53. The lowest BCUT2D eigenvalue weighted by Crippen LogP contribution is -2.43. The molecule has 0 aliphatic heterocycles. The first kappa shape index (κ1) is 16.8. The predicted molar refractivity (Wildman–Crippen MR) is 90.4 cm³/mol. The van der Waals surface area contributed by atoms with Crippen LogP contribution in [0.2, 0.25) is 0 Å². The highest BCUT2D eigenvalue weighted by molar-refractivity contribution is 9.09. The van der Waals surface area contributed by atoms with E-state index in [9.17, 15) is 0 Å². The molecule has 1 nitrogen and oxygen atoms in total. The van der Waals surface area contributed by atoms with E-state index in [1.165, 1.54) is 57.8 Å². The lowest BCUT2D eigenvalue weighted by Gasteiger charge is -2.44. The highest BCUT2D eigenvalue weighted by Gasteiger charge is 2.38. The largest absolute Gasteiger partial charge is 0.371 e. The Bertz CT molecular complexity index is 273. The molecule has 2 saturated carbocycles. The fourth-order valence-electron chi connectivity index (χ4n) is 4.51. The third kappa shape index (κ3) is 4.47. The zero-order valence-corrected chi connectivity index (χ0v) is 15.3. The summed E-state index contributed by atoms with van der Waals surface area (Å²) in [5.41, 5.74) is 0.145. The monoisotopic (exact) mass is 344 g/mol. The van der Waals surface area contributed by atoms with Gasteiger partial charge in [0.1, 0.15) is 0 Å². The molecule has 2 heteroatoms. The van der Waals surface area contributed by atoms with Gasteiger partial charge in [0, 0.05) is 5.33 Å². The molecule has 0 bridgehead atoms. The van der Waals surface area contributed by atoms with Crippen LogP contribution >= 0.6 is 15.9 Å². The van der Waals surface area contributed by atoms with Crippen LogP contribution in [0.1, 0.15) is 78.6 Å². The summed E-state index contributed by atoms with van der Waals surface area (Å²) in [6, 6.07) is 0. The van der Waals surface area contributed by atoms with E-state index in [4.69, 9.17) is 4.74 Å². The Kier molecular flexibility index (Phi) is 6.41. The van der Waals surface area contributed by atoms with E-state index in [-0.39, 0.29) is 5.60 Å². The fraction of sp³-hybridized carbons (Fsp3) is 1.00. The number of hydrogen-bond donors (Lipinski definition) is 0. The van der Waals surface area contributed by atoms with Gasteiger partial charge in [-0.15, -0.1) is 0 Å². The van der Waals surface area contributed by atoms with E-state index in [1.807, 2.05) is 0 Å². The first-order chi connectivity index (χ1) is 9.57. The van der Waals surface area contributed by atoms with E-state index in [0.717, 1.165) is 23.1 Å². The average molecular weight is 345 g/mol. The molecule has 2 aliphatic carbocycles. The summed E-state index contributed by atoms with van der Waals surface area (Å²) in [6.07, 6.45) is 12.5. The zero-order valence-electron chi connectivity index (χ0n) is 13.7. The number of alkyl halides is 1. The Morgan fingerprint density at radius 2 is 1.65 bits per heavy atom. The maximum atomic E-state index is 6.69. The van der Waals surface area contributed by atoms with Gasteiger partial charge in [-0.05, 0) is 62.7 Å². The van der Waals surface area contributed by atoms with Crippen LogP contribution in [0, 0.1) is 17.8 Å². The Balaban J connectivity index is 1.88. The van der Waals surface area contributed by atoms with Crippen LogP contribution in [0.25, 0.3) is 0 Å². The number of rotatable bonds is 5. The van der Waals surface area contributed by atoms with Crippen molar-refractivity contribution in [2.75, 3.05) is 5.33 Å². The number of ether oxygens (including phenoxy) is 1. The van der Waals surface area contributed by atoms with Crippen LogP contribution in [0.15, 0.2) is 0 Å². The summed E-state index contributed by atoms with van der Waals surface area (Å²) >= 11 is 3.76. The molecule has 2 fully saturated rings. The van der Waals surface area contributed by atoms with Gasteiger partial charge in [-0.2, -0.15) is 0 Å². The summed E-state index contributed by atoms with van der Waals surface area (Å²) in [6.45, 7) is 7.10. The van der Waals surface area contributed by atoms with Crippen molar-refractivity contribution in [2.45, 2.75) is 90.3 Å². The Morgan fingerprint density at radius 3 is 2.15 bits per heavy atom. The molecule has 0 aromatic rings. The molecule has 0 heterocycles. The zero-order chi connectivity index (χ0) is 14.6. The maximum Gasteiger partial charge on any atom is 0.0782 e. The Hall–Kier alpha value is 0.440. The molecule has 0 aromatic heterocycles. The maximum absolute atomic E-state index is 6.69. The first-order valence-corrected chi connectivity index (χ1v) is 9.93. The average Bonchev–Trinajstić information content (AvgIpc) is 2.40. The molecule has 2 atom stereocenters. The van der Waals surface area contributed by atoms with Gasteiger partial charge in [0.25, 0.3) is 0 Å². The lowest BCUT2D eigenvalue weighted by molar-refractivity contribution is -0.125. The van der Waals surface area contributed by atoms with Gasteiger partial charge >= 0.3 is 0 Å². The van der Waals surface area contributed by atoms with Crippen molar-refractivity contribution in [2.24, 2.45) is 17.8 Å². The summed E-state index contributed by atoms with van der Waals surface area (Å²) in [4.78, 5) is 0. The number of halogens is 1. The fourth-order valence-corrected chi connectivity index (χ4v) is 5.20. The van der Waals surface area contributed by atoms with Crippen LogP contribution in [0.3, 0.4) is 0 Å². The lowest BCUT2D eigenvalue weighted by atomic mass is 9.77. The summed E-state index contributed by atoms with van der Waals surface area (Å²) in [5, 5.41) is 1.03. The van der Waals surface area contributed by atoms with E-state index in [1.54, 1.807) is 0 Å². The van der Waals surface area contributed by atoms with Crippen LogP contribution in [-0.4, -0.2) is 17.0 Å². The second-order valence-corrected chi connectivity index (χ2v) is 8.27. The quantitative estimate of drug-likeness (QED) is 0.559. The summed E-state index contributed by atoms with van der Waals surface area (Å²) in [5.74, 6) is 2.64. The van der Waals surface area contributed by atoms with Gasteiger partial charge in [-0.3, -0.25) is 0 Å². The molecule has 0 N–H and O–H groups in total. The normalized spacial score (nSPS) is 42.6. The van der Waals surface area contributed by atoms with Gasteiger partial charge in [-0.1, -0.05) is 49.5 Å². The van der Waals surface area contributed by atoms with Crippen molar-refractivity contribution >= 4 is 15.9 Å². The van der Waals surface area contributed by atoms with Crippen LogP contribution < -0.4 is 0 Å². The SMILES string of the molecule is CCCC1CCC(CBr)(OC2CC(C)CC(C)C2)CC1. The van der Waals surface area contributed by atoms with Gasteiger partial charge in [-0.25, -0.2) is 0 Å². The highest BCUT2D eigenvalue weighted by atomic mass is 79.9. The molecule has 2 rings (SSSR count). The second kappa shape index (κ2) is 7.63. The van der Waals surface area contributed by atoms with E-state index < -0.39 is 0 Å². The van der Waals surface area contributed by atoms with Gasteiger partial charge in [0.05, 0.1) is 11.7 Å². The van der Waals surface area contributed by atoms with Crippen molar-refractivity contribution in [3.05, 3.63) is 0 Å². The van der Waals surface area contributed by atoms with Gasteiger partial charge in [0.15, 0.2) is 0 Å². The Morgan fingerprint density at radius 1 is 1.05 bits per heavy atom. The molecule has 2 aliphatic rings. The standard InChI is InChI=1S/C18H33BrO/c1-4-5-16-6-8-18(13-19,9-7-16)20-17-11-14(2)10-15(3)12-17/h14-17H,4-13H2,1-3H3. The minimum Gasteiger partial charge on any atom is -0.371 e. The van der Waals surface area contributed by atoms with Crippen molar-refractivity contribution < 1.29 is 4.74 Å². The van der Waals surface area contributed by atoms with Gasteiger partial charge in [0.2, 0.25) is 0 Å². The molecule has 118 valence electrons. The van der Waals surface area contributed by atoms with E-state index >= 15 is 0 Å². The van der Waals surface area contributed by atoms with Crippen LogP contribution in [0.5, 0.6) is 0 Å². The van der Waals surface area contributed by atoms with Crippen molar-refractivity contribution in [3.8, 4) is 0 Å². The molecular weight excluding hydrogens is 312 g/mol. The van der Waals surface area contributed by atoms with E-state index in [0.29, 0.717) is 6.10 Å². The van der Waals surface area contributed by atoms with Crippen LogP contribution in [-0.2, 0) is 4.74 Å². The van der Waals surface area contributed by atoms with E-state index in [2.05, 4.69) is 36.7 Å². The highest BCUT2D eigenvalue weighted by Crippen LogP contribution is 2.41.